The molecule has 2 rings (SSSR count). The first-order valence-electron chi connectivity index (χ1n) is 5.82. The molecular formula is C11H20N2O2. The van der Waals surface area contributed by atoms with E-state index in [0.717, 1.165) is 45.4 Å². The average Bonchev–Trinajstić information content (AvgIpc) is 2.50. The van der Waals surface area contributed by atoms with Crippen molar-refractivity contribution in [3.8, 4) is 0 Å². The van der Waals surface area contributed by atoms with Gasteiger partial charge in [0, 0.05) is 32.5 Å². The monoisotopic (exact) mass is 212 g/mol. The minimum Gasteiger partial charge on any atom is -0.441 e. The summed E-state index contributed by atoms with van der Waals surface area (Å²) in [4.78, 5) is 15.8. The summed E-state index contributed by atoms with van der Waals surface area (Å²) in [5.74, 6) is 0. The number of amides is 1. The van der Waals surface area contributed by atoms with Crippen molar-refractivity contribution < 1.29 is 9.53 Å². The van der Waals surface area contributed by atoms with Gasteiger partial charge in [0.1, 0.15) is 5.60 Å². The zero-order valence-corrected chi connectivity index (χ0v) is 9.66. The first-order chi connectivity index (χ1) is 7.15. The third kappa shape index (κ3) is 2.09. The van der Waals surface area contributed by atoms with Crippen LogP contribution in [0, 0.1) is 0 Å². The Bertz CT molecular complexity index is 247. The van der Waals surface area contributed by atoms with Gasteiger partial charge in [-0.2, -0.15) is 0 Å². The number of piperidine rings is 1. The van der Waals surface area contributed by atoms with Crippen LogP contribution in [0.15, 0.2) is 0 Å². The van der Waals surface area contributed by atoms with E-state index in [2.05, 4.69) is 18.9 Å². The standard InChI is InChI=1S/C11H20N2O2/c1-3-6-13-9-11(15-10(13)14)4-7-12(2)8-5-11/h3-9H2,1-2H3. The van der Waals surface area contributed by atoms with Gasteiger partial charge in [-0.1, -0.05) is 6.92 Å². The molecule has 0 unspecified atom stereocenters. The second-order valence-corrected chi connectivity index (χ2v) is 4.78. The van der Waals surface area contributed by atoms with E-state index >= 15 is 0 Å². The Labute approximate surface area is 91.2 Å². The molecule has 15 heavy (non-hydrogen) atoms. The lowest BCUT2D eigenvalue weighted by atomic mass is 9.91. The summed E-state index contributed by atoms with van der Waals surface area (Å²) in [6.07, 6.45) is 2.86. The average molecular weight is 212 g/mol. The summed E-state index contributed by atoms with van der Waals surface area (Å²) in [6.45, 7) is 5.79. The Balaban J connectivity index is 1.97. The number of likely N-dealkylation sites (tertiary alicyclic amines) is 1. The van der Waals surface area contributed by atoms with Crippen LogP contribution in [0.25, 0.3) is 0 Å². The molecule has 1 spiro atoms. The van der Waals surface area contributed by atoms with E-state index in [-0.39, 0.29) is 11.7 Å². The van der Waals surface area contributed by atoms with Gasteiger partial charge in [-0.05, 0) is 13.5 Å². The van der Waals surface area contributed by atoms with Crippen molar-refractivity contribution in [2.45, 2.75) is 31.8 Å². The van der Waals surface area contributed by atoms with Crippen LogP contribution in [-0.4, -0.2) is 54.7 Å². The maximum Gasteiger partial charge on any atom is 0.410 e. The van der Waals surface area contributed by atoms with E-state index in [9.17, 15) is 4.79 Å². The zero-order chi connectivity index (χ0) is 10.9. The number of carbonyl (C=O) groups is 1. The van der Waals surface area contributed by atoms with E-state index in [4.69, 9.17) is 4.74 Å². The molecule has 2 fully saturated rings. The first-order valence-corrected chi connectivity index (χ1v) is 5.82. The summed E-state index contributed by atoms with van der Waals surface area (Å²) >= 11 is 0. The van der Waals surface area contributed by atoms with Crippen LogP contribution in [0.2, 0.25) is 0 Å². The molecule has 4 heteroatoms. The van der Waals surface area contributed by atoms with Crippen molar-refractivity contribution in [3.63, 3.8) is 0 Å². The molecule has 0 aliphatic carbocycles. The highest BCUT2D eigenvalue weighted by Gasteiger charge is 2.45. The maximum atomic E-state index is 11.6. The maximum absolute atomic E-state index is 11.6. The van der Waals surface area contributed by atoms with Gasteiger partial charge in [-0.15, -0.1) is 0 Å². The molecule has 2 saturated heterocycles. The predicted molar refractivity (Wildman–Crippen MR) is 57.8 cm³/mol. The number of rotatable bonds is 2. The smallest absolute Gasteiger partial charge is 0.410 e. The van der Waals surface area contributed by atoms with Crippen molar-refractivity contribution in [2.75, 3.05) is 33.2 Å². The molecule has 0 aromatic heterocycles. The van der Waals surface area contributed by atoms with E-state index < -0.39 is 0 Å². The second kappa shape index (κ2) is 4.00. The largest absolute Gasteiger partial charge is 0.441 e. The van der Waals surface area contributed by atoms with Gasteiger partial charge < -0.3 is 14.5 Å². The molecule has 4 nitrogen and oxygen atoms in total. The predicted octanol–water partition coefficient (Wildman–Crippen LogP) is 1.31. The molecule has 0 bridgehead atoms. The molecule has 2 heterocycles. The Morgan fingerprint density at radius 1 is 1.40 bits per heavy atom. The highest BCUT2D eigenvalue weighted by Crippen LogP contribution is 2.32. The molecule has 0 atom stereocenters. The topological polar surface area (TPSA) is 32.8 Å². The first kappa shape index (κ1) is 10.7. The molecule has 0 N–H and O–H groups in total. The molecule has 2 aliphatic rings. The van der Waals surface area contributed by atoms with Crippen molar-refractivity contribution >= 4 is 6.09 Å². The van der Waals surface area contributed by atoms with Crippen LogP contribution in [-0.2, 0) is 4.74 Å². The fourth-order valence-electron chi connectivity index (χ4n) is 2.42. The van der Waals surface area contributed by atoms with Crippen molar-refractivity contribution in [2.24, 2.45) is 0 Å². The second-order valence-electron chi connectivity index (χ2n) is 4.78. The molecule has 0 radical (unpaired) electrons. The highest BCUT2D eigenvalue weighted by atomic mass is 16.6. The third-order valence-corrected chi connectivity index (χ3v) is 3.43. The van der Waals surface area contributed by atoms with E-state index in [1.807, 2.05) is 4.90 Å². The van der Waals surface area contributed by atoms with Gasteiger partial charge in [-0.25, -0.2) is 4.79 Å². The van der Waals surface area contributed by atoms with Crippen LogP contribution in [0.5, 0.6) is 0 Å². The molecule has 1 amide bonds. The lowest BCUT2D eigenvalue weighted by Crippen LogP contribution is -2.45. The van der Waals surface area contributed by atoms with Crippen molar-refractivity contribution in [3.05, 3.63) is 0 Å². The number of hydrogen-bond donors (Lipinski definition) is 0. The third-order valence-electron chi connectivity index (χ3n) is 3.43. The Kier molecular flexibility index (Phi) is 2.87. The minimum atomic E-state index is -0.168. The number of carbonyl (C=O) groups excluding carboxylic acids is 1. The summed E-state index contributed by atoms with van der Waals surface area (Å²) < 4.78 is 5.56. The van der Waals surface area contributed by atoms with Crippen LogP contribution < -0.4 is 0 Å². The molecule has 2 aliphatic heterocycles. The normalized spacial score (nSPS) is 26.0. The Hall–Kier alpha value is -0.770. The number of hydrogen-bond acceptors (Lipinski definition) is 3. The van der Waals surface area contributed by atoms with Crippen LogP contribution >= 0.6 is 0 Å². The van der Waals surface area contributed by atoms with Crippen molar-refractivity contribution in [1.29, 1.82) is 0 Å². The molecule has 0 saturated carbocycles. The summed E-state index contributed by atoms with van der Waals surface area (Å²) in [6, 6.07) is 0. The quantitative estimate of drug-likeness (QED) is 0.692. The molecule has 0 aromatic rings. The lowest BCUT2D eigenvalue weighted by molar-refractivity contribution is 0.00659. The molecule has 0 aromatic carbocycles. The van der Waals surface area contributed by atoms with Crippen molar-refractivity contribution in [1.82, 2.24) is 9.80 Å². The van der Waals surface area contributed by atoms with E-state index in [0.29, 0.717) is 0 Å². The van der Waals surface area contributed by atoms with Gasteiger partial charge >= 0.3 is 6.09 Å². The summed E-state index contributed by atoms with van der Waals surface area (Å²) in [7, 11) is 2.12. The summed E-state index contributed by atoms with van der Waals surface area (Å²) in [5, 5.41) is 0. The van der Waals surface area contributed by atoms with Crippen LogP contribution in [0.4, 0.5) is 4.79 Å². The van der Waals surface area contributed by atoms with Gasteiger partial charge in [0.25, 0.3) is 0 Å². The van der Waals surface area contributed by atoms with Crippen LogP contribution in [0.3, 0.4) is 0 Å². The number of nitrogens with zero attached hydrogens (tertiary/aromatic N) is 2. The Morgan fingerprint density at radius 2 is 2.07 bits per heavy atom. The fourth-order valence-corrected chi connectivity index (χ4v) is 2.42. The fraction of sp³-hybridized carbons (Fsp3) is 0.909. The highest BCUT2D eigenvalue weighted by molar-refractivity contribution is 5.70. The van der Waals surface area contributed by atoms with Crippen LogP contribution in [0.1, 0.15) is 26.2 Å². The lowest BCUT2D eigenvalue weighted by Gasteiger charge is -2.35. The summed E-state index contributed by atoms with van der Waals surface area (Å²) in [5.41, 5.74) is -0.168. The van der Waals surface area contributed by atoms with Gasteiger partial charge in [0.05, 0.1) is 6.54 Å². The van der Waals surface area contributed by atoms with E-state index in [1.165, 1.54) is 0 Å². The van der Waals surface area contributed by atoms with Gasteiger partial charge in [-0.3, -0.25) is 0 Å². The molecule has 86 valence electrons. The SMILES string of the molecule is CCCN1CC2(CCN(C)CC2)OC1=O. The minimum absolute atomic E-state index is 0.110. The molecular weight excluding hydrogens is 192 g/mol. The van der Waals surface area contributed by atoms with Gasteiger partial charge in [0.2, 0.25) is 0 Å². The Morgan fingerprint density at radius 3 is 2.67 bits per heavy atom. The number of ether oxygens (including phenoxy) is 1. The van der Waals surface area contributed by atoms with Gasteiger partial charge in [0.15, 0.2) is 0 Å². The zero-order valence-electron chi connectivity index (χ0n) is 9.66. The van der Waals surface area contributed by atoms with E-state index in [1.54, 1.807) is 0 Å².